The molecule has 5 rings (SSSR count). The molecule has 1 atom stereocenters. The van der Waals surface area contributed by atoms with Crippen LogP contribution >= 0.6 is 11.6 Å². The minimum atomic E-state index is -0.651. The molecule has 1 saturated heterocycles. The molecule has 3 aromatic heterocycles. The Balaban J connectivity index is 1.85. The number of halogens is 2. The molecule has 0 unspecified atom stereocenters. The summed E-state index contributed by atoms with van der Waals surface area (Å²) in [6.07, 6.45) is 4.05. The third-order valence-corrected chi connectivity index (χ3v) is 8.06. The van der Waals surface area contributed by atoms with Gasteiger partial charge in [0, 0.05) is 36.8 Å². The number of anilines is 1. The predicted molar refractivity (Wildman–Crippen MR) is 175 cm³/mol. The summed E-state index contributed by atoms with van der Waals surface area (Å²) >= 11 is 6.94. The maximum absolute atomic E-state index is 15.1. The molecule has 220 valence electrons. The van der Waals surface area contributed by atoms with Gasteiger partial charge in [-0.2, -0.15) is 10.4 Å². The Morgan fingerprint density at radius 3 is 2.59 bits per heavy atom. The van der Waals surface area contributed by atoms with Gasteiger partial charge in [0.2, 0.25) is 5.91 Å². The second-order valence-electron chi connectivity index (χ2n) is 11.1. The van der Waals surface area contributed by atoms with Gasteiger partial charge in [-0.3, -0.25) is 9.78 Å². The van der Waals surface area contributed by atoms with Gasteiger partial charge >= 0.3 is 5.69 Å². The molecule has 4 aromatic rings. The van der Waals surface area contributed by atoms with E-state index in [1.54, 1.807) is 24.0 Å². The van der Waals surface area contributed by atoms with Crippen LogP contribution in [0.15, 0.2) is 59.3 Å². The zero-order chi connectivity index (χ0) is 31.9. The van der Waals surface area contributed by atoms with Crippen molar-refractivity contribution in [2.24, 2.45) is 0 Å². The molecule has 1 aliphatic rings. The van der Waals surface area contributed by atoms with Crippen molar-refractivity contribution < 1.29 is 9.18 Å². The van der Waals surface area contributed by atoms with Crippen LogP contribution in [0.4, 0.5) is 10.2 Å². The van der Waals surface area contributed by atoms with Crippen molar-refractivity contribution in [3.05, 3.63) is 92.7 Å². The number of carbonyl (C=O) groups is 1. The molecule has 1 fully saturated rings. The van der Waals surface area contributed by atoms with E-state index in [1.807, 2.05) is 49.9 Å². The highest BCUT2D eigenvalue weighted by atomic mass is 35.5. The van der Waals surface area contributed by atoms with Crippen LogP contribution in [0, 0.1) is 12.7 Å². The fourth-order valence-corrected chi connectivity index (χ4v) is 5.88. The molecule has 0 bridgehead atoms. The summed E-state index contributed by atoms with van der Waals surface area (Å²) < 4.78 is 16.4. The fourth-order valence-electron chi connectivity index (χ4n) is 5.63. The van der Waals surface area contributed by atoms with Gasteiger partial charge in [-0.05, 0) is 37.5 Å². The van der Waals surface area contributed by atoms with Crippen molar-refractivity contribution in [2.75, 3.05) is 24.5 Å². The van der Waals surface area contributed by atoms with Gasteiger partial charge in [0.1, 0.15) is 11.6 Å². The van der Waals surface area contributed by atoms with Crippen LogP contribution in [0.2, 0.25) is 5.02 Å². The molecule has 0 aliphatic carbocycles. The van der Waals surface area contributed by atoms with E-state index in [9.17, 15) is 9.59 Å². The molecule has 1 aromatic carbocycles. The SMILES string of the molecule is [B]C([B])=Cc1ccccc1-c1nc2c(cc1Cl)c(N1CCN(C(=O)C=C)C[C@@H]1C)nc(=O)n2-c1c(C(C)C)ncc(F)c1C. The second-order valence-corrected chi connectivity index (χ2v) is 11.5. The Morgan fingerprint density at radius 2 is 1.93 bits per heavy atom. The van der Waals surface area contributed by atoms with Crippen LogP contribution in [0.1, 0.15) is 43.5 Å². The number of hydrogen-bond donors (Lipinski definition) is 0. The highest BCUT2D eigenvalue weighted by Crippen LogP contribution is 2.37. The van der Waals surface area contributed by atoms with E-state index in [1.165, 1.54) is 10.6 Å². The van der Waals surface area contributed by atoms with Gasteiger partial charge in [0.25, 0.3) is 0 Å². The summed E-state index contributed by atoms with van der Waals surface area (Å²) in [6, 6.07) is 8.83. The van der Waals surface area contributed by atoms with Crippen molar-refractivity contribution in [2.45, 2.75) is 39.7 Å². The molecule has 4 radical (unpaired) electrons. The van der Waals surface area contributed by atoms with Crippen LogP contribution in [0.3, 0.4) is 0 Å². The number of nitrogens with zero attached hydrogens (tertiary/aromatic N) is 6. The molecule has 1 amide bonds. The molecule has 8 nitrogen and oxygen atoms in total. The third-order valence-electron chi connectivity index (χ3n) is 7.77. The van der Waals surface area contributed by atoms with E-state index in [4.69, 9.17) is 32.3 Å². The smallest absolute Gasteiger partial charge is 0.350 e. The normalized spacial score (nSPS) is 15.1. The van der Waals surface area contributed by atoms with Crippen molar-refractivity contribution in [1.29, 1.82) is 0 Å². The van der Waals surface area contributed by atoms with E-state index in [0.29, 0.717) is 58.4 Å². The highest BCUT2D eigenvalue weighted by Gasteiger charge is 2.31. The highest BCUT2D eigenvalue weighted by molar-refractivity contribution is 6.50. The third kappa shape index (κ3) is 5.68. The van der Waals surface area contributed by atoms with E-state index in [-0.39, 0.29) is 40.1 Å². The van der Waals surface area contributed by atoms with Gasteiger partial charge in [0.05, 0.1) is 49.4 Å². The fraction of sp³-hybridized carbons (Fsp3) is 0.281. The molecule has 1 aliphatic heterocycles. The molecule has 0 saturated carbocycles. The lowest BCUT2D eigenvalue weighted by molar-refractivity contribution is -0.126. The number of amides is 1. The van der Waals surface area contributed by atoms with Crippen molar-refractivity contribution >= 4 is 56.1 Å². The van der Waals surface area contributed by atoms with E-state index in [0.717, 1.165) is 6.20 Å². The molecule has 44 heavy (non-hydrogen) atoms. The number of piperazine rings is 1. The average Bonchev–Trinajstić information content (AvgIpc) is 2.98. The first-order chi connectivity index (χ1) is 20.9. The van der Waals surface area contributed by atoms with Gasteiger partial charge in [0.15, 0.2) is 5.65 Å². The van der Waals surface area contributed by atoms with E-state index >= 15 is 4.39 Å². The van der Waals surface area contributed by atoms with Gasteiger partial charge in [-0.15, -0.1) is 0 Å². The first-order valence-corrected chi connectivity index (χ1v) is 14.6. The minimum absolute atomic E-state index is 0.101. The minimum Gasteiger partial charge on any atom is -0.350 e. The quantitative estimate of drug-likeness (QED) is 0.229. The number of aromatic nitrogens is 4. The summed E-state index contributed by atoms with van der Waals surface area (Å²) in [5.74, 6) is -0.507. The summed E-state index contributed by atoms with van der Waals surface area (Å²) in [5.41, 5.74) is 2.30. The first kappa shape index (κ1) is 31.2. The van der Waals surface area contributed by atoms with Gasteiger partial charge < -0.3 is 9.80 Å². The number of benzene rings is 1. The Kier molecular flexibility index (Phi) is 8.79. The maximum atomic E-state index is 15.1. The summed E-state index contributed by atoms with van der Waals surface area (Å²) in [5, 5.41) is 0.885. The molecule has 4 heterocycles. The van der Waals surface area contributed by atoms with Crippen molar-refractivity contribution in [1.82, 2.24) is 24.4 Å². The summed E-state index contributed by atoms with van der Waals surface area (Å²) in [4.78, 5) is 43.9. The van der Waals surface area contributed by atoms with Crippen molar-refractivity contribution in [3.8, 4) is 16.9 Å². The lowest BCUT2D eigenvalue weighted by Gasteiger charge is -2.40. The van der Waals surface area contributed by atoms with Crippen LogP contribution in [0.5, 0.6) is 0 Å². The second kappa shape index (κ2) is 12.4. The first-order valence-electron chi connectivity index (χ1n) is 14.2. The number of carbonyl (C=O) groups excluding carboxylic acids is 1. The maximum Gasteiger partial charge on any atom is 0.355 e. The number of fused-ring (bicyclic) bond motifs is 1. The molecule has 12 heteroatoms. The number of pyridine rings is 2. The number of hydrogen-bond acceptors (Lipinski definition) is 6. The molecule has 0 N–H and O–H groups in total. The lowest BCUT2D eigenvalue weighted by Crippen LogP contribution is -2.54. The van der Waals surface area contributed by atoms with Crippen LogP contribution in [-0.2, 0) is 4.79 Å². The Morgan fingerprint density at radius 1 is 1.20 bits per heavy atom. The zero-order valence-electron chi connectivity index (χ0n) is 25.0. The Bertz CT molecular complexity index is 1890. The molecule has 0 spiro atoms. The van der Waals surface area contributed by atoms with E-state index in [2.05, 4.69) is 16.5 Å². The Labute approximate surface area is 263 Å². The Hall–Kier alpha value is -4.24. The topological polar surface area (TPSA) is 84.2 Å². The van der Waals surface area contributed by atoms with Crippen LogP contribution in [-0.4, -0.2) is 71.7 Å². The number of rotatable bonds is 6. The van der Waals surface area contributed by atoms with Crippen LogP contribution in [0.25, 0.3) is 34.1 Å². The zero-order valence-corrected chi connectivity index (χ0v) is 25.8. The van der Waals surface area contributed by atoms with E-state index < -0.39 is 11.5 Å². The van der Waals surface area contributed by atoms with Gasteiger partial charge in [-0.1, -0.05) is 62.4 Å². The largest absolute Gasteiger partial charge is 0.355 e. The van der Waals surface area contributed by atoms with Gasteiger partial charge in [-0.25, -0.2) is 18.7 Å². The standard InChI is InChI=1S/C32H30B2ClFN6O2/c1-6-26(43)40-11-12-41(18(4)16-40)30-22-14-23(35)28(21-10-8-7-9-20(21)13-25(33)34)38-31(22)42(32(44)39-30)29-19(5)24(36)15-37-27(29)17(2)3/h6-10,13-15,17-18H,1,11-12,16H2,2-5H3/t18-/m0/s1. The monoisotopic (exact) mass is 606 g/mol. The summed E-state index contributed by atoms with van der Waals surface area (Å²) in [7, 11) is 11.6. The average molecular weight is 607 g/mol. The molecular weight excluding hydrogens is 576 g/mol. The van der Waals surface area contributed by atoms with Crippen molar-refractivity contribution in [3.63, 3.8) is 0 Å². The predicted octanol–water partition coefficient (Wildman–Crippen LogP) is 4.93. The lowest BCUT2D eigenvalue weighted by atomic mass is 9.77. The molecular formula is C32H30B2ClFN6O2. The summed E-state index contributed by atoms with van der Waals surface area (Å²) in [6.45, 7) is 12.2. The van der Waals surface area contributed by atoms with Crippen LogP contribution < -0.4 is 10.6 Å².